The third-order valence-electron chi connectivity index (χ3n) is 6.93. The SMILES string of the molecule is CC(C)(C)c1ccc(NC(=O)[C@H](Cc2ccc3ccccc3c2)Nc2ccc(C(=O)CCCC(=O)O)cc2)cc1. The molecule has 0 aliphatic heterocycles. The van der Waals surface area contributed by atoms with Crippen LogP contribution < -0.4 is 10.6 Å². The standard InChI is InChI=1S/C34H36N2O4/c1-34(2,3)27-15-19-29(20-16-27)36-33(40)30(22-23-11-12-24-7-4-5-8-26(24)21-23)35-28-17-13-25(14-18-28)31(37)9-6-10-32(38)39/h4-5,7-8,11-21,30,35H,6,9-10,22H2,1-3H3,(H,36,40)(H,38,39)/t30-/m0/s1. The van der Waals surface area contributed by atoms with Crippen LogP contribution in [0.1, 0.15) is 61.5 Å². The normalized spacial score (nSPS) is 12.1. The number of hydrogen-bond donors (Lipinski definition) is 3. The highest BCUT2D eigenvalue weighted by molar-refractivity contribution is 5.98. The molecular formula is C34H36N2O4. The maximum absolute atomic E-state index is 13.5. The largest absolute Gasteiger partial charge is 0.481 e. The van der Waals surface area contributed by atoms with Gasteiger partial charge in [0.1, 0.15) is 6.04 Å². The molecule has 0 unspecified atom stereocenters. The van der Waals surface area contributed by atoms with Crippen molar-refractivity contribution in [1.29, 1.82) is 0 Å². The minimum atomic E-state index is -0.909. The molecule has 6 heteroatoms. The van der Waals surface area contributed by atoms with Crippen molar-refractivity contribution in [2.45, 2.75) is 57.9 Å². The molecular weight excluding hydrogens is 500 g/mol. The second kappa shape index (κ2) is 12.6. The van der Waals surface area contributed by atoms with Gasteiger partial charge in [-0.15, -0.1) is 0 Å². The van der Waals surface area contributed by atoms with Crippen molar-refractivity contribution in [3.63, 3.8) is 0 Å². The van der Waals surface area contributed by atoms with Crippen molar-refractivity contribution in [3.05, 3.63) is 108 Å². The zero-order valence-corrected chi connectivity index (χ0v) is 23.2. The summed E-state index contributed by atoms with van der Waals surface area (Å²) in [5.41, 5.74) is 4.20. The zero-order valence-electron chi connectivity index (χ0n) is 23.2. The number of aliphatic carboxylic acids is 1. The number of nitrogens with one attached hydrogen (secondary N) is 2. The van der Waals surface area contributed by atoms with Gasteiger partial charge in [-0.3, -0.25) is 14.4 Å². The van der Waals surface area contributed by atoms with Gasteiger partial charge in [0.05, 0.1) is 0 Å². The maximum Gasteiger partial charge on any atom is 0.303 e. The van der Waals surface area contributed by atoms with Gasteiger partial charge in [0.2, 0.25) is 5.91 Å². The molecule has 0 aliphatic rings. The van der Waals surface area contributed by atoms with Crippen LogP contribution in [0, 0.1) is 0 Å². The van der Waals surface area contributed by atoms with Crippen molar-refractivity contribution < 1.29 is 19.5 Å². The molecule has 0 heterocycles. The molecule has 206 valence electrons. The van der Waals surface area contributed by atoms with E-state index < -0.39 is 12.0 Å². The first kappa shape index (κ1) is 28.6. The highest BCUT2D eigenvalue weighted by Crippen LogP contribution is 2.24. The molecule has 0 saturated carbocycles. The Morgan fingerprint density at radius 2 is 1.43 bits per heavy atom. The number of carbonyl (C=O) groups excluding carboxylic acids is 2. The highest BCUT2D eigenvalue weighted by Gasteiger charge is 2.21. The number of fused-ring (bicyclic) bond motifs is 1. The minimum absolute atomic E-state index is 0.0204. The lowest BCUT2D eigenvalue weighted by atomic mass is 9.87. The van der Waals surface area contributed by atoms with Gasteiger partial charge in [-0.1, -0.05) is 75.4 Å². The van der Waals surface area contributed by atoms with Gasteiger partial charge in [-0.25, -0.2) is 0 Å². The monoisotopic (exact) mass is 536 g/mol. The van der Waals surface area contributed by atoms with E-state index in [9.17, 15) is 14.4 Å². The summed E-state index contributed by atoms with van der Waals surface area (Å²) < 4.78 is 0. The Morgan fingerprint density at radius 1 is 0.775 bits per heavy atom. The summed E-state index contributed by atoms with van der Waals surface area (Å²) in [7, 11) is 0. The first-order chi connectivity index (χ1) is 19.1. The molecule has 6 nitrogen and oxygen atoms in total. The number of anilines is 2. The van der Waals surface area contributed by atoms with Crippen molar-refractivity contribution >= 4 is 39.8 Å². The van der Waals surface area contributed by atoms with Crippen LogP contribution in [0.2, 0.25) is 0 Å². The van der Waals surface area contributed by atoms with Gasteiger partial charge >= 0.3 is 5.97 Å². The van der Waals surface area contributed by atoms with Crippen LogP contribution in [-0.4, -0.2) is 28.8 Å². The van der Waals surface area contributed by atoms with Gasteiger partial charge < -0.3 is 15.7 Å². The Labute approximate surface area is 235 Å². The number of amides is 1. The fourth-order valence-corrected chi connectivity index (χ4v) is 4.59. The Bertz CT molecular complexity index is 1490. The smallest absolute Gasteiger partial charge is 0.303 e. The highest BCUT2D eigenvalue weighted by atomic mass is 16.4. The minimum Gasteiger partial charge on any atom is -0.481 e. The molecule has 0 aliphatic carbocycles. The number of carboxylic acids is 1. The second-order valence-corrected chi connectivity index (χ2v) is 11.1. The van der Waals surface area contributed by atoms with Crippen molar-refractivity contribution in [3.8, 4) is 0 Å². The summed E-state index contributed by atoms with van der Waals surface area (Å²) >= 11 is 0. The topological polar surface area (TPSA) is 95.5 Å². The number of rotatable bonds is 11. The van der Waals surface area contributed by atoms with Crippen molar-refractivity contribution in [2.24, 2.45) is 0 Å². The molecule has 4 aromatic carbocycles. The quantitative estimate of drug-likeness (QED) is 0.176. The van der Waals surface area contributed by atoms with E-state index in [2.05, 4.69) is 55.7 Å². The summed E-state index contributed by atoms with van der Waals surface area (Å²) in [6, 6.07) is 28.7. The second-order valence-electron chi connectivity index (χ2n) is 11.1. The fourth-order valence-electron chi connectivity index (χ4n) is 4.59. The third kappa shape index (κ3) is 7.79. The Morgan fingerprint density at radius 3 is 2.08 bits per heavy atom. The molecule has 0 fully saturated rings. The Kier molecular flexibility index (Phi) is 9.00. The molecule has 0 radical (unpaired) electrons. The number of hydrogen-bond acceptors (Lipinski definition) is 4. The molecule has 4 rings (SSSR count). The summed E-state index contributed by atoms with van der Waals surface area (Å²) in [6.07, 6.45) is 0.918. The van der Waals surface area contributed by atoms with E-state index in [-0.39, 0.29) is 29.9 Å². The zero-order chi connectivity index (χ0) is 28.7. The first-order valence-corrected chi connectivity index (χ1v) is 13.6. The summed E-state index contributed by atoms with van der Waals surface area (Å²) in [5.74, 6) is -1.17. The average Bonchev–Trinajstić information content (AvgIpc) is 2.92. The Balaban J connectivity index is 1.52. The molecule has 3 N–H and O–H groups in total. The van der Waals surface area contributed by atoms with E-state index >= 15 is 0 Å². The van der Waals surface area contributed by atoms with Crippen LogP contribution >= 0.6 is 0 Å². The summed E-state index contributed by atoms with van der Waals surface area (Å²) in [5, 5.41) is 17.5. The predicted octanol–water partition coefficient (Wildman–Crippen LogP) is 7.24. The average molecular weight is 537 g/mol. The fraction of sp³-hybridized carbons (Fsp3) is 0.265. The van der Waals surface area contributed by atoms with Crippen LogP contribution in [0.15, 0.2) is 91.0 Å². The summed E-state index contributed by atoms with van der Waals surface area (Å²) in [4.78, 5) is 36.7. The van der Waals surface area contributed by atoms with Crippen molar-refractivity contribution in [2.75, 3.05) is 10.6 Å². The van der Waals surface area contributed by atoms with Crippen molar-refractivity contribution in [1.82, 2.24) is 0 Å². The molecule has 40 heavy (non-hydrogen) atoms. The van der Waals surface area contributed by atoms with E-state index in [4.69, 9.17) is 5.11 Å². The molecule has 0 bridgehead atoms. The van der Waals surface area contributed by atoms with Gasteiger partial charge in [-0.2, -0.15) is 0 Å². The maximum atomic E-state index is 13.5. The number of carboxylic acid groups (broad SMARTS) is 1. The van der Waals surface area contributed by atoms with Crippen LogP contribution in [0.5, 0.6) is 0 Å². The van der Waals surface area contributed by atoms with Gasteiger partial charge in [0.25, 0.3) is 0 Å². The van der Waals surface area contributed by atoms with Gasteiger partial charge in [0.15, 0.2) is 5.78 Å². The lowest BCUT2D eigenvalue weighted by Crippen LogP contribution is -2.36. The van der Waals surface area contributed by atoms with Crippen LogP contribution in [0.25, 0.3) is 10.8 Å². The molecule has 1 amide bonds. The predicted molar refractivity (Wildman–Crippen MR) is 161 cm³/mol. The van der Waals surface area contributed by atoms with Crippen LogP contribution in [-0.2, 0) is 21.4 Å². The van der Waals surface area contributed by atoms with Crippen LogP contribution in [0.4, 0.5) is 11.4 Å². The van der Waals surface area contributed by atoms with E-state index in [1.54, 1.807) is 24.3 Å². The molecule has 0 aromatic heterocycles. The molecule has 0 spiro atoms. The van der Waals surface area contributed by atoms with E-state index in [0.717, 1.165) is 22.0 Å². The molecule has 0 saturated heterocycles. The Hall–Kier alpha value is -4.45. The molecule has 1 atom stereocenters. The van der Waals surface area contributed by atoms with E-state index in [1.165, 1.54) is 5.56 Å². The van der Waals surface area contributed by atoms with E-state index in [0.29, 0.717) is 24.1 Å². The first-order valence-electron chi connectivity index (χ1n) is 13.6. The summed E-state index contributed by atoms with van der Waals surface area (Å²) in [6.45, 7) is 6.46. The lowest BCUT2D eigenvalue weighted by Gasteiger charge is -2.22. The number of Topliss-reactive ketones (excluding diaryl/α,β-unsaturated/α-hetero) is 1. The number of ketones is 1. The van der Waals surface area contributed by atoms with Gasteiger partial charge in [0, 0.05) is 36.2 Å². The van der Waals surface area contributed by atoms with Crippen LogP contribution in [0.3, 0.4) is 0 Å². The third-order valence-corrected chi connectivity index (χ3v) is 6.93. The molecule has 4 aromatic rings. The van der Waals surface area contributed by atoms with E-state index in [1.807, 2.05) is 42.5 Å². The number of carbonyl (C=O) groups is 3. The lowest BCUT2D eigenvalue weighted by molar-refractivity contribution is -0.137. The number of benzene rings is 4. The van der Waals surface area contributed by atoms with Gasteiger partial charge in [-0.05, 0) is 70.1 Å².